The van der Waals surface area contributed by atoms with Gasteiger partial charge in [-0.15, -0.1) is 0 Å². The van der Waals surface area contributed by atoms with E-state index in [2.05, 4.69) is 10.6 Å². The van der Waals surface area contributed by atoms with Gasteiger partial charge in [0.1, 0.15) is 0 Å². The summed E-state index contributed by atoms with van der Waals surface area (Å²) in [6.07, 6.45) is 0. The number of carbonyl (C=O) groups excluding carboxylic acids is 1. The largest absolute Gasteiger partial charge is 0.355 e. The SMILES string of the molecule is Cc1cccc(C)c1NC(=O)N1CC(C)(C)NC1=S. The number of nitrogens with zero attached hydrogens (tertiary/aromatic N) is 1. The molecule has 0 radical (unpaired) electrons. The number of thiocarbonyl (C=S) groups is 1. The molecule has 2 N–H and O–H groups in total. The molecule has 2 amide bonds. The molecule has 5 heteroatoms. The molecule has 0 unspecified atom stereocenters. The molecule has 1 aromatic rings. The summed E-state index contributed by atoms with van der Waals surface area (Å²) in [5.41, 5.74) is 2.78. The summed E-state index contributed by atoms with van der Waals surface area (Å²) in [5.74, 6) is 0. The molecule has 2 rings (SSSR count). The second-order valence-electron chi connectivity index (χ2n) is 5.60. The van der Waals surface area contributed by atoms with Crippen LogP contribution in [0.15, 0.2) is 18.2 Å². The van der Waals surface area contributed by atoms with Gasteiger partial charge in [-0.1, -0.05) is 18.2 Å². The van der Waals surface area contributed by atoms with Gasteiger partial charge in [-0.3, -0.25) is 4.90 Å². The van der Waals surface area contributed by atoms with Crippen LogP contribution < -0.4 is 10.6 Å². The third kappa shape index (κ3) is 2.87. The summed E-state index contributed by atoms with van der Waals surface area (Å²) in [4.78, 5) is 13.9. The van der Waals surface area contributed by atoms with Crippen molar-refractivity contribution < 1.29 is 4.79 Å². The minimum Gasteiger partial charge on any atom is -0.355 e. The standard InChI is InChI=1S/C14H19N3OS/c1-9-6-5-7-10(2)11(9)15-12(18)17-8-14(3,4)16-13(17)19/h5-7H,8H2,1-4H3,(H,15,18)(H,16,19). The highest BCUT2D eigenvalue weighted by molar-refractivity contribution is 7.80. The maximum Gasteiger partial charge on any atom is 0.328 e. The second kappa shape index (κ2) is 4.81. The number of hydrogen-bond donors (Lipinski definition) is 2. The van der Waals surface area contributed by atoms with E-state index in [-0.39, 0.29) is 11.6 Å². The van der Waals surface area contributed by atoms with Gasteiger partial charge in [0.05, 0.1) is 12.1 Å². The minimum atomic E-state index is -0.180. The van der Waals surface area contributed by atoms with Crippen LogP contribution in [0.2, 0.25) is 0 Å². The number of hydrogen-bond acceptors (Lipinski definition) is 2. The maximum absolute atomic E-state index is 12.3. The Morgan fingerprint density at radius 3 is 2.42 bits per heavy atom. The van der Waals surface area contributed by atoms with Crippen LogP contribution >= 0.6 is 12.2 Å². The molecule has 4 nitrogen and oxygen atoms in total. The first-order chi connectivity index (χ1) is 8.80. The molecule has 102 valence electrons. The van der Waals surface area contributed by atoms with Gasteiger partial charge in [0, 0.05) is 5.69 Å². The number of amides is 2. The van der Waals surface area contributed by atoms with Crippen molar-refractivity contribution in [3.8, 4) is 0 Å². The predicted octanol–water partition coefficient (Wildman–Crippen LogP) is 2.80. The lowest BCUT2D eigenvalue weighted by Crippen LogP contribution is -2.37. The maximum atomic E-state index is 12.3. The Bertz CT molecular complexity index is 519. The lowest BCUT2D eigenvalue weighted by Gasteiger charge is -2.19. The summed E-state index contributed by atoms with van der Waals surface area (Å²) in [6, 6.07) is 5.76. The van der Waals surface area contributed by atoms with E-state index in [0.29, 0.717) is 11.7 Å². The van der Waals surface area contributed by atoms with Gasteiger partial charge in [-0.05, 0) is 51.0 Å². The first-order valence-electron chi connectivity index (χ1n) is 6.27. The zero-order chi connectivity index (χ0) is 14.2. The molecule has 1 fully saturated rings. The number of nitrogens with one attached hydrogen (secondary N) is 2. The van der Waals surface area contributed by atoms with Crippen molar-refractivity contribution in [2.24, 2.45) is 0 Å². The summed E-state index contributed by atoms with van der Waals surface area (Å²) < 4.78 is 0. The molecule has 0 spiro atoms. The summed E-state index contributed by atoms with van der Waals surface area (Å²) >= 11 is 5.20. The molecule has 0 bridgehead atoms. The number of anilines is 1. The third-order valence-electron chi connectivity index (χ3n) is 3.20. The molecule has 1 heterocycles. The van der Waals surface area contributed by atoms with Gasteiger partial charge in [0.25, 0.3) is 0 Å². The number of urea groups is 1. The van der Waals surface area contributed by atoms with Gasteiger partial charge in [-0.2, -0.15) is 0 Å². The van der Waals surface area contributed by atoms with Crippen molar-refractivity contribution in [3.63, 3.8) is 0 Å². The Balaban J connectivity index is 2.16. The highest BCUT2D eigenvalue weighted by Gasteiger charge is 2.35. The van der Waals surface area contributed by atoms with Crippen LogP contribution in [0.1, 0.15) is 25.0 Å². The summed E-state index contributed by atoms with van der Waals surface area (Å²) in [5, 5.41) is 6.56. The van der Waals surface area contributed by atoms with Crippen LogP contribution in [0.25, 0.3) is 0 Å². The van der Waals surface area contributed by atoms with E-state index in [0.717, 1.165) is 16.8 Å². The number of aryl methyl sites for hydroxylation is 2. The summed E-state index contributed by atoms with van der Waals surface area (Å²) in [7, 11) is 0. The lowest BCUT2D eigenvalue weighted by atomic mass is 10.1. The van der Waals surface area contributed by atoms with Crippen molar-refractivity contribution in [2.45, 2.75) is 33.2 Å². The fourth-order valence-corrected chi connectivity index (χ4v) is 2.64. The molecule has 0 saturated carbocycles. The van der Waals surface area contributed by atoms with Gasteiger partial charge >= 0.3 is 6.03 Å². The van der Waals surface area contributed by atoms with E-state index in [1.54, 1.807) is 4.90 Å². The number of rotatable bonds is 1. The molecule has 1 aliphatic heterocycles. The normalized spacial score (nSPS) is 17.3. The molecule has 1 aliphatic rings. The van der Waals surface area contributed by atoms with E-state index < -0.39 is 0 Å². The van der Waals surface area contributed by atoms with E-state index in [1.807, 2.05) is 45.9 Å². The van der Waals surface area contributed by atoms with Crippen LogP contribution in [0.4, 0.5) is 10.5 Å². The van der Waals surface area contributed by atoms with Crippen molar-refractivity contribution in [1.29, 1.82) is 0 Å². The Hall–Kier alpha value is -1.62. The van der Waals surface area contributed by atoms with Crippen molar-refractivity contribution in [1.82, 2.24) is 10.2 Å². The van der Waals surface area contributed by atoms with Crippen LogP contribution in [0.5, 0.6) is 0 Å². The smallest absolute Gasteiger partial charge is 0.328 e. The Morgan fingerprint density at radius 2 is 1.95 bits per heavy atom. The van der Waals surface area contributed by atoms with Gasteiger partial charge in [0.15, 0.2) is 5.11 Å². The third-order valence-corrected chi connectivity index (χ3v) is 3.52. The quantitative estimate of drug-likeness (QED) is 0.776. The molecule has 0 atom stereocenters. The van der Waals surface area contributed by atoms with Crippen LogP contribution in [-0.2, 0) is 0 Å². The first kappa shape index (κ1) is 13.8. The first-order valence-corrected chi connectivity index (χ1v) is 6.68. The second-order valence-corrected chi connectivity index (χ2v) is 5.98. The molecule has 1 aromatic carbocycles. The fourth-order valence-electron chi connectivity index (χ4n) is 2.21. The average molecular weight is 277 g/mol. The van der Waals surface area contributed by atoms with Crippen LogP contribution in [0.3, 0.4) is 0 Å². The minimum absolute atomic E-state index is 0.171. The van der Waals surface area contributed by atoms with E-state index in [4.69, 9.17) is 12.2 Å². The summed E-state index contributed by atoms with van der Waals surface area (Å²) in [6.45, 7) is 8.57. The highest BCUT2D eigenvalue weighted by Crippen LogP contribution is 2.21. The molecular weight excluding hydrogens is 258 g/mol. The van der Waals surface area contributed by atoms with Crippen molar-refractivity contribution >= 4 is 29.0 Å². The Kier molecular flexibility index (Phi) is 3.49. The van der Waals surface area contributed by atoms with Crippen molar-refractivity contribution in [2.75, 3.05) is 11.9 Å². The topological polar surface area (TPSA) is 44.4 Å². The average Bonchev–Trinajstić information content (AvgIpc) is 2.57. The Labute approximate surface area is 119 Å². The van der Waals surface area contributed by atoms with E-state index >= 15 is 0 Å². The molecule has 1 saturated heterocycles. The van der Waals surface area contributed by atoms with Crippen molar-refractivity contribution in [3.05, 3.63) is 29.3 Å². The van der Waals surface area contributed by atoms with Gasteiger partial charge in [0.2, 0.25) is 0 Å². The molecule has 0 aromatic heterocycles. The zero-order valence-corrected chi connectivity index (χ0v) is 12.5. The number of carbonyl (C=O) groups is 1. The lowest BCUT2D eigenvalue weighted by molar-refractivity contribution is 0.233. The fraction of sp³-hybridized carbons (Fsp3) is 0.429. The number of para-hydroxylation sites is 1. The van der Waals surface area contributed by atoms with Gasteiger partial charge in [-0.25, -0.2) is 4.79 Å². The monoisotopic (exact) mass is 277 g/mol. The van der Waals surface area contributed by atoms with Crippen LogP contribution in [-0.4, -0.2) is 28.1 Å². The number of benzene rings is 1. The Morgan fingerprint density at radius 1 is 1.37 bits per heavy atom. The molecule has 0 aliphatic carbocycles. The van der Waals surface area contributed by atoms with Crippen LogP contribution in [0, 0.1) is 13.8 Å². The van der Waals surface area contributed by atoms with E-state index in [1.165, 1.54) is 0 Å². The predicted molar refractivity (Wildman–Crippen MR) is 81.5 cm³/mol. The highest BCUT2D eigenvalue weighted by atomic mass is 32.1. The molecule has 19 heavy (non-hydrogen) atoms. The van der Waals surface area contributed by atoms with E-state index in [9.17, 15) is 4.79 Å². The van der Waals surface area contributed by atoms with Gasteiger partial charge < -0.3 is 10.6 Å². The zero-order valence-electron chi connectivity index (χ0n) is 11.7. The molecular formula is C14H19N3OS.